The predicted molar refractivity (Wildman–Crippen MR) is 87.3 cm³/mol. The molecule has 0 aliphatic heterocycles. The van der Waals surface area contributed by atoms with Gasteiger partial charge in [-0.15, -0.1) is 0 Å². The summed E-state index contributed by atoms with van der Waals surface area (Å²) in [5.41, 5.74) is 2.21. The Hall–Kier alpha value is -2.04. The number of imidazole rings is 1. The van der Waals surface area contributed by atoms with Crippen molar-refractivity contribution in [3.05, 3.63) is 34.2 Å². The van der Waals surface area contributed by atoms with Gasteiger partial charge < -0.3 is 10.3 Å². The number of aromatic amines is 1. The Morgan fingerprint density at radius 1 is 1.32 bits per heavy atom. The Morgan fingerprint density at radius 2 is 2.09 bits per heavy atom. The van der Waals surface area contributed by atoms with Crippen LogP contribution < -0.4 is 11.0 Å². The second-order valence-corrected chi connectivity index (χ2v) is 6.08. The van der Waals surface area contributed by atoms with E-state index >= 15 is 0 Å². The first-order valence-corrected chi connectivity index (χ1v) is 8.23. The molecular formula is C17H23N3O2. The molecule has 1 aliphatic carbocycles. The summed E-state index contributed by atoms with van der Waals surface area (Å²) in [5, 5.41) is 2.88. The number of nitrogens with one attached hydrogen (secondary N) is 2. The lowest BCUT2D eigenvalue weighted by atomic mass is 9.95. The fourth-order valence-corrected chi connectivity index (χ4v) is 3.31. The molecule has 0 bridgehead atoms. The lowest BCUT2D eigenvalue weighted by molar-refractivity contribution is 0.0954. The summed E-state index contributed by atoms with van der Waals surface area (Å²) in [6, 6.07) is 5.70. The summed E-state index contributed by atoms with van der Waals surface area (Å²) in [6.07, 6.45) is 6.57. The van der Waals surface area contributed by atoms with Gasteiger partial charge in [-0.1, -0.05) is 26.2 Å². The SMILES string of the molecule is CCCNC(=O)c1ccc2[nH]c(=O)n(C3CCCCC3)c2c1. The van der Waals surface area contributed by atoms with Crippen molar-refractivity contribution in [3.8, 4) is 0 Å². The van der Waals surface area contributed by atoms with E-state index in [1.165, 1.54) is 19.3 Å². The first kappa shape index (κ1) is 14.9. The second-order valence-electron chi connectivity index (χ2n) is 6.08. The Labute approximate surface area is 129 Å². The van der Waals surface area contributed by atoms with E-state index in [0.717, 1.165) is 30.3 Å². The molecule has 3 rings (SSSR count). The minimum absolute atomic E-state index is 0.0620. The summed E-state index contributed by atoms with van der Waals surface area (Å²) in [4.78, 5) is 27.3. The zero-order chi connectivity index (χ0) is 15.5. The lowest BCUT2D eigenvalue weighted by Crippen LogP contribution is -2.25. The summed E-state index contributed by atoms with van der Waals surface area (Å²) in [5.74, 6) is -0.0763. The number of H-pyrrole nitrogens is 1. The van der Waals surface area contributed by atoms with Crippen LogP contribution in [0.3, 0.4) is 0 Å². The first-order valence-electron chi connectivity index (χ1n) is 8.23. The summed E-state index contributed by atoms with van der Waals surface area (Å²) >= 11 is 0. The topological polar surface area (TPSA) is 66.9 Å². The van der Waals surface area contributed by atoms with Crippen LogP contribution in [0.1, 0.15) is 61.8 Å². The molecule has 22 heavy (non-hydrogen) atoms. The maximum atomic E-state index is 12.3. The van der Waals surface area contributed by atoms with Crippen LogP contribution in [0.2, 0.25) is 0 Å². The average Bonchev–Trinajstić information content (AvgIpc) is 2.88. The third-order valence-electron chi connectivity index (χ3n) is 4.46. The van der Waals surface area contributed by atoms with Crippen LogP contribution in [0.15, 0.2) is 23.0 Å². The van der Waals surface area contributed by atoms with Crippen LogP contribution in [-0.4, -0.2) is 22.0 Å². The molecule has 118 valence electrons. The largest absolute Gasteiger partial charge is 0.352 e. The molecule has 0 spiro atoms. The summed E-state index contributed by atoms with van der Waals surface area (Å²) in [7, 11) is 0. The van der Waals surface area contributed by atoms with Crippen LogP contribution in [0.5, 0.6) is 0 Å². The van der Waals surface area contributed by atoms with Gasteiger partial charge in [-0.2, -0.15) is 0 Å². The minimum Gasteiger partial charge on any atom is -0.352 e. The molecule has 1 aliphatic rings. The van der Waals surface area contributed by atoms with Crippen molar-refractivity contribution in [2.24, 2.45) is 0 Å². The lowest BCUT2D eigenvalue weighted by Gasteiger charge is -2.23. The number of benzene rings is 1. The maximum Gasteiger partial charge on any atom is 0.326 e. The summed E-state index contributed by atoms with van der Waals surface area (Å²) in [6.45, 7) is 2.69. The molecule has 0 saturated heterocycles. The smallest absolute Gasteiger partial charge is 0.326 e. The number of hydrogen-bond donors (Lipinski definition) is 2. The third-order valence-corrected chi connectivity index (χ3v) is 4.46. The molecule has 2 aromatic rings. The molecule has 0 atom stereocenters. The molecule has 1 aromatic heterocycles. The van der Waals surface area contributed by atoms with Gasteiger partial charge in [-0.3, -0.25) is 9.36 Å². The number of carbonyl (C=O) groups is 1. The van der Waals surface area contributed by atoms with Crippen LogP contribution in [0, 0.1) is 0 Å². The monoisotopic (exact) mass is 301 g/mol. The fraction of sp³-hybridized carbons (Fsp3) is 0.529. The first-order chi connectivity index (χ1) is 10.7. The molecule has 5 nitrogen and oxygen atoms in total. The van der Waals surface area contributed by atoms with Gasteiger partial charge in [-0.05, 0) is 37.5 Å². The third kappa shape index (κ3) is 2.80. The van der Waals surface area contributed by atoms with E-state index in [0.29, 0.717) is 12.1 Å². The Bertz CT molecular complexity index is 723. The molecule has 5 heteroatoms. The van der Waals surface area contributed by atoms with Crippen molar-refractivity contribution in [2.45, 2.75) is 51.5 Å². The van der Waals surface area contributed by atoms with Crippen LogP contribution in [-0.2, 0) is 0 Å². The molecule has 1 aromatic carbocycles. The highest BCUT2D eigenvalue weighted by atomic mass is 16.2. The zero-order valence-corrected chi connectivity index (χ0v) is 13.0. The Morgan fingerprint density at radius 3 is 2.82 bits per heavy atom. The Kier molecular flexibility index (Phi) is 4.32. The van der Waals surface area contributed by atoms with Crippen LogP contribution in [0.25, 0.3) is 11.0 Å². The number of nitrogens with zero attached hydrogens (tertiary/aromatic N) is 1. The van der Waals surface area contributed by atoms with E-state index in [1.54, 1.807) is 6.07 Å². The summed E-state index contributed by atoms with van der Waals surface area (Å²) < 4.78 is 1.85. The molecule has 2 N–H and O–H groups in total. The van der Waals surface area contributed by atoms with Crippen LogP contribution in [0.4, 0.5) is 0 Å². The molecule has 1 amide bonds. The molecule has 1 heterocycles. The number of carbonyl (C=O) groups excluding carboxylic acids is 1. The van der Waals surface area contributed by atoms with E-state index in [-0.39, 0.29) is 17.6 Å². The second kappa shape index (κ2) is 6.38. The molecule has 1 fully saturated rings. The molecular weight excluding hydrogens is 278 g/mol. The highest BCUT2D eigenvalue weighted by molar-refractivity contribution is 5.97. The van der Waals surface area contributed by atoms with E-state index in [9.17, 15) is 9.59 Å². The predicted octanol–water partition coefficient (Wildman–Crippen LogP) is 2.97. The molecule has 1 saturated carbocycles. The standard InChI is InChI=1S/C17H23N3O2/c1-2-10-18-16(21)12-8-9-14-15(11-12)20(17(22)19-14)13-6-4-3-5-7-13/h8-9,11,13H,2-7,10H2,1H3,(H,18,21)(H,19,22). The van der Waals surface area contributed by atoms with Crippen molar-refractivity contribution in [2.75, 3.05) is 6.54 Å². The van der Waals surface area contributed by atoms with E-state index in [2.05, 4.69) is 10.3 Å². The minimum atomic E-state index is -0.0763. The van der Waals surface area contributed by atoms with E-state index in [1.807, 2.05) is 23.6 Å². The average molecular weight is 301 g/mol. The molecule has 0 unspecified atom stereocenters. The van der Waals surface area contributed by atoms with Gasteiger partial charge in [0.1, 0.15) is 0 Å². The Balaban J connectivity index is 1.99. The highest BCUT2D eigenvalue weighted by Gasteiger charge is 2.20. The van der Waals surface area contributed by atoms with Gasteiger partial charge in [0.2, 0.25) is 0 Å². The van der Waals surface area contributed by atoms with Gasteiger partial charge in [0.15, 0.2) is 0 Å². The maximum absolute atomic E-state index is 12.3. The van der Waals surface area contributed by atoms with Crippen LogP contribution >= 0.6 is 0 Å². The van der Waals surface area contributed by atoms with Gasteiger partial charge >= 0.3 is 5.69 Å². The number of hydrogen-bond acceptors (Lipinski definition) is 2. The molecule has 0 radical (unpaired) electrons. The normalized spacial score (nSPS) is 16.0. The highest BCUT2D eigenvalue weighted by Crippen LogP contribution is 2.29. The number of amides is 1. The van der Waals surface area contributed by atoms with Gasteiger partial charge in [0.25, 0.3) is 5.91 Å². The van der Waals surface area contributed by atoms with Gasteiger partial charge in [0.05, 0.1) is 11.0 Å². The zero-order valence-electron chi connectivity index (χ0n) is 13.0. The van der Waals surface area contributed by atoms with Gasteiger partial charge in [0, 0.05) is 18.2 Å². The quantitative estimate of drug-likeness (QED) is 0.911. The van der Waals surface area contributed by atoms with Crippen molar-refractivity contribution in [1.82, 2.24) is 14.9 Å². The van der Waals surface area contributed by atoms with Crippen molar-refractivity contribution in [3.63, 3.8) is 0 Å². The fourth-order valence-electron chi connectivity index (χ4n) is 3.31. The van der Waals surface area contributed by atoms with Crippen molar-refractivity contribution < 1.29 is 4.79 Å². The number of rotatable bonds is 4. The van der Waals surface area contributed by atoms with E-state index in [4.69, 9.17) is 0 Å². The van der Waals surface area contributed by atoms with Crippen molar-refractivity contribution >= 4 is 16.9 Å². The number of fused-ring (bicyclic) bond motifs is 1. The van der Waals surface area contributed by atoms with E-state index < -0.39 is 0 Å². The van der Waals surface area contributed by atoms with Gasteiger partial charge in [-0.25, -0.2) is 4.79 Å². The number of aromatic nitrogens is 2. The van der Waals surface area contributed by atoms with Crippen molar-refractivity contribution in [1.29, 1.82) is 0 Å².